The number of hydrogen-bond acceptors (Lipinski definition) is 5. The van der Waals surface area contributed by atoms with E-state index in [0.29, 0.717) is 10.6 Å². The van der Waals surface area contributed by atoms with Crippen molar-refractivity contribution in [2.24, 2.45) is 0 Å². The number of ether oxygens (including phenoxy) is 1. The Morgan fingerprint density at radius 2 is 1.86 bits per heavy atom. The fraction of sp³-hybridized carbons (Fsp3) is 0.278. The zero-order valence-corrected chi connectivity index (χ0v) is 15.7. The van der Waals surface area contributed by atoms with Crippen LogP contribution in [0.25, 0.3) is 0 Å². The molecule has 0 radical (unpaired) electrons. The molecule has 2 rings (SSSR count). The summed E-state index contributed by atoms with van der Waals surface area (Å²) in [7, 11) is 0. The third-order valence-corrected chi connectivity index (χ3v) is 3.84. The molecule has 0 bridgehead atoms. The van der Waals surface area contributed by atoms with Gasteiger partial charge in [-0.1, -0.05) is 23.7 Å². The van der Waals surface area contributed by atoms with Crippen molar-refractivity contribution in [1.82, 2.24) is 10.4 Å². The van der Waals surface area contributed by atoms with Crippen molar-refractivity contribution < 1.29 is 27.5 Å². The molecule has 2 N–H and O–H groups in total. The van der Waals surface area contributed by atoms with Crippen molar-refractivity contribution in [3.05, 3.63) is 57.7 Å². The molecule has 28 heavy (non-hydrogen) atoms. The van der Waals surface area contributed by atoms with Gasteiger partial charge in [-0.15, -0.1) is 0 Å². The molecule has 2 aromatic rings. The number of alkyl halides is 3. The monoisotopic (exact) mass is 415 g/mol. The van der Waals surface area contributed by atoms with Gasteiger partial charge in [0.1, 0.15) is 11.3 Å². The van der Waals surface area contributed by atoms with Crippen LogP contribution in [0.5, 0.6) is 0 Å². The van der Waals surface area contributed by atoms with Crippen LogP contribution < -0.4 is 10.9 Å². The van der Waals surface area contributed by atoms with E-state index in [1.54, 1.807) is 31.2 Å². The summed E-state index contributed by atoms with van der Waals surface area (Å²) < 4.78 is 44.0. The molecule has 1 amide bonds. The molecule has 150 valence electrons. The summed E-state index contributed by atoms with van der Waals surface area (Å²) >= 11 is 5.77. The van der Waals surface area contributed by atoms with Crippen LogP contribution in [0, 0.1) is 6.92 Å². The Morgan fingerprint density at radius 3 is 2.43 bits per heavy atom. The molecule has 0 saturated carbocycles. The lowest BCUT2D eigenvalue weighted by Crippen LogP contribution is -2.32. The molecule has 6 nitrogen and oxygen atoms in total. The lowest BCUT2D eigenvalue weighted by molar-refractivity contribution is -0.141. The first-order valence-corrected chi connectivity index (χ1v) is 8.55. The quantitative estimate of drug-likeness (QED) is 0.552. The first-order chi connectivity index (χ1) is 13.1. The fourth-order valence-corrected chi connectivity index (χ4v) is 2.46. The van der Waals surface area contributed by atoms with Crippen LogP contribution in [0.4, 0.5) is 19.0 Å². The highest BCUT2D eigenvalue weighted by Gasteiger charge is 2.35. The van der Waals surface area contributed by atoms with E-state index in [1.807, 2.05) is 0 Å². The highest BCUT2D eigenvalue weighted by Crippen LogP contribution is 2.31. The lowest BCUT2D eigenvalue weighted by Gasteiger charge is -2.16. The van der Waals surface area contributed by atoms with Gasteiger partial charge < -0.3 is 4.74 Å². The van der Waals surface area contributed by atoms with Crippen molar-refractivity contribution in [3.63, 3.8) is 0 Å². The number of hydrogen-bond donors (Lipinski definition) is 2. The van der Waals surface area contributed by atoms with Gasteiger partial charge in [0.15, 0.2) is 5.82 Å². The standard InChI is InChI=1S/C18H17ClF3N3O3/c1-3-28-17(27)15-10(2)8-13(18(20,21)22)23-16(15)25-24-14(26)9-11-4-6-12(19)7-5-11/h4-8H,3,9H2,1-2H3,(H,23,25)(H,24,26). The van der Waals surface area contributed by atoms with E-state index in [0.717, 1.165) is 6.07 Å². The lowest BCUT2D eigenvalue weighted by atomic mass is 10.1. The summed E-state index contributed by atoms with van der Waals surface area (Å²) in [6.07, 6.45) is -4.78. The van der Waals surface area contributed by atoms with Gasteiger partial charge in [-0.2, -0.15) is 13.2 Å². The van der Waals surface area contributed by atoms with E-state index in [-0.39, 0.29) is 24.2 Å². The van der Waals surface area contributed by atoms with E-state index in [4.69, 9.17) is 16.3 Å². The molecule has 0 fully saturated rings. The number of nitrogens with one attached hydrogen (secondary N) is 2. The number of benzene rings is 1. The minimum atomic E-state index is -4.72. The maximum atomic E-state index is 13.0. The van der Waals surface area contributed by atoms with Crippen molar-refractivity contribution in [3.8, 4) is 0 Å². The number of halogens is 4. The molecular weight excluding hydrogens is 399 g/mol. The molecular formula is C18H17ClF3N3O3. The van der Waals surface area contributed by atoms with Crippen molar-refractivity contribution in [2.45, 2.75) is 26.4 Å². The normalized spacial score (nSPS) is 11.1. The molecule has 1 heterocycles. The van der Waals surface area contributed by atoms with Gasteiger partial charge in [-0.05, 0) is 43.2 Å². The van der Waals surface area contributed by atoms with Gasteiger partial charge in [0.05, 0.1) is 13.0 Å². The van der Waals surface area contributed by atoms with Crippen LogP contribution >= 0.6 is 11.6 Å². The van der Waals surface area contributed by atoms with E-state index >= 15 is 0 Å². The Bertz CT molecular complexity index is 871. The number of aromatic nitrogens is 1. The van der Waals surface area contributed by atoms with Gasteiger partial charge in [0.25, 0.3) is 0 Å². The fourth-order valence-electron chi connectivity index (χ4n) is 2.33. The predicted molar refractivity (Wildman–Crippen MR) is 96.9 cm³/mol. The third kappa shape index (κ3) is 5.59. The predicted octanol–water partition coefficient (Wildman–Crippen LogP) is 3.92. The number of anilines is 1. The van der Waals surface area contributed by atoms with Gasteiger partial charge in [-0.3, -0.25) is 15.6 Å². The molecule has 0 atom stereocenters. The number of rotatable bonds is 6. The van der Waals surface area contributed by atoms with Gasteiger partial charge in [-0.25, -0.2) is 9.78 Å². The second kappa shape index (κ2) is 8.92. The van der Waals surface area contributed by atoms with Crippen LogP contribution in [0.2, 0.25) is 5.02 Å². The Balaban J connectivity index is 2.23. The highest BCUT2D eigenvalue weighted by atomic mass is 35.5. The summed E-state index contributed by atoms with van der Waals surface area (Å²) in [6, 6.07) is 7.23. The van der Waals surface area contributed by atoms with E-state index in [9.17, 15) is 22.8 Å². The summed E-state index contributed by atoms with van der Waals surface area (Å²) in [5.41, 5.74) is 3.80. The Hall–Kier alpha value is -2.81. The maximum absolute atomic E-state index is 13.0. The summed E-state index contributed by atoms with van der Waals surface area (Å²) in [6.45, 7) is 2.91. The zero-order valence-electron chi connectivity index (χ0n) is 15.0. The molecule has 1 aromatic heterocycles. The van der Waals surface area contributed by atoms with E-state index < -0.39 is 29.6 Å². The van der Waals surface area contributed by atoms with Gasteiger partial charge >= 0.3 is 12.1 Å². The third-order valence-electron chi connectivity index (χ3n) is 3.58. The van der Waals surface area contributed by atoms with Crippen LogP contribution in [0.3, 0.4) is 0 Å². The molecule has 0 spiro atoms. The van der Waals surface area contributed by atoms with Gasteiger partial charge in [0.2, 0.25) is 5.91 Å². The number of carbonyl (C=O) groups is 2. The topological polar surface area (TPSA) is 80.3 Å². The second-order valence-electron chi connectivity index (χ2n) is 5.74. The smallest absolute Gasteiger partial charge is 0.433 e. The first kappa shape index (κ1) is 21.5. The number of esters is 1. The summed E-state index contributed by atoms with van der Waals surface area (Å²) in [5.74, 6) is -1.85. The molecule has 0 aliphatic carbocycles. The van der Waals surface area contributed by atoms with Crippen LogP contribution in [-0.2, 0) is 22.1 Å². The van der Waals surface area contributed by atoms with Gasteiger partial charge in [0, 0.05) is 5.02 Å². The Morgan fingerprint density at radius 1 is 1.21 bits per heavy atom. The second-order valence-corrected chi connectivity index (χ2v) is 6.18. The van der Waals surface area contributed by atoms with Crippen LogP contribution in [0.1, 0.15) is 34.1 Å². The van der Waals surface area contributed by atoms with E-state index in [1.165, 1.54) is 6.92 Å². The Kier molecular flexibility index (Phi) is 6.85. The number of amides is 1. The number of hydrazine groups is 1. The molecule has 10 heteroatoms. The molecule has 1 aromatic carbocycles. The van der Waals surface area contributed by atoms with Crippen molar-refractivity contribution in [2.75, 3.05) is 12.0 Å². The van der Waals surface area contributed by atoms with Crippen LogP contribution in [0.15, 0.2) is 30.3 Å². The highest BCUT2D eigenvalue weighted by molar-refractivity contribution is 6.30. The number of carbonyl (C=O) groups excluding carboxylic acids is 2. The van der Waals surface area contributed by atoms with Crippen LogP contribution in [-0.4, -0.2) is 23.5 Å². The SMILES string of the molecule is CCOC(=O)c1c(C)cc(C(F)(F)F)nc1NNC(=O)Cc1ccc(Cl)cc1. The Labute approximate surface area is 164 Å². The van der Waals surface area contributed by atoms with E-state index in [2.05, 4.69) is 15.8 Å². The van der Waals surface area contributed by atoms with Crippen molar-refractivity contribution >= 4 is 29.3 Å². The summed E-state index contributed by atoms with van der Waals surface area (Å²) in [5, 5.41) is 0.505. The first-order valence-electron chi connectivity index (χ1n) is 8.17. The molecule has 0 saturated heterocycles. The molecule has 0 aliphatic heterocycles. The molecule has 0 aliphatic rings. The average molecular weight is 416 g/mol. The number of nitrogens with zero attached hydrogens (tertiary/aromatic N) is 1. The maximum Gasteiger partial charge on any atom is 0.433 e. The van der Waals surface area contributed by atoms with Crippen molar-refractivity contribution in [1.29, 1.82) is 0 Å². The zero-order chi connectivity index (χ0) is 20.9. The number of pyridine rings is 1. The number of aryl methyl sites for hydroxylation is 1. The average Bonchev–Trinajstić information content (AvgIpc) is 2.61. The molecule has 0 unspecified atom stereocenters. The minimum Gasteiger partial charge on any atom is -0.462 e. The largest absolute Gasteiger partial charge is 0.462 e. The summed E-state index contributed by atoms with van der Waals surface area (Å²) in [4.78, 5) is 27.6. The minimum absolute atomic E-state index is 0.00947.